The molecule has 0 radical (unpaired) electrons. The Morgan fingerprint density at radius 3 is 2.73 bits per heavy atom. The van der Waals surface area contributed by atoms with E-state index in [2.05, 4.69) is 64.2 Å². The third-order valence-electron chi connectivity index (χ3n) is 5.17. The lowest BCUT2D eigenvalue weighted by atomic mass is 9.94. The fraction of sp³-hybridized carbons (Fsp3) is 0.250. The van der Waals surface area contributed by atoms with Crippen molar-refractivity contribution in [2.45, 2.75) is 26.8 Å². The first-order valence-corrected chi connectivity index (χ1v) is 11.5. The second-order valence-corrected chi connectivity index (χ2v) is 9.22. The van der Waals surface area contributed by atoms with E-state index in [1.807, 2.05) is 32.0 Å². The van der Waals surface area contributed by atoms with Gasteiger partial charge in [-0.15, -0.1) is 0 Å². The largest absolute Gasteiger partial charge is 0.463 e. The Morgan fingerprint density at radius 1 is 1.27 bits per heavy atom. The van der Waals surface area contributed by atoms with Crippen LogP contribution in [0.2, 0.25) is 0 Å². The molecule has 0 N–H and O–H groups in total. The average molecular weight is 483 g/mol. The van der Waals surface area contributed by atoms with Gasteiger partial charge in [0.1, 0.15) is 0 Å². The third-order valence-corrected chi connectivity index (χ3v) is 7.04. The number of rotatable bonds is 4. The lowest BCUT2D eigenvalue weighted by molar-refractivity contribution is -0.139. The van der Waals surface area contributed by atoms with Crippen LogP contribution in [0.1, 0.15) is 36.6 Å². The number of benzene rings is 2. The van der Waals surface area contributed by atoms with Crippen LogP contribution in [-0.4, -0.2) is 29.2 Å². The van der Waals surface area contributed by atoms with E-state index in [0.717, 1.165) is 26.5 Å². The van der Waals surface area contributed by atoms with Crippen LogP contribution >= 0.6 is 27.7 Å². The molecular formula is C24H23BrN2O2S. The first-order valence-electron chi connectivity index (χ1n) is 9.90. The number of thioether (sulfide) groups is 1. The summed E-state index contributed by atoms with van der Waals surface area (Å²) in [5.41, 5.74) is 4.75. The number of hydrogen-bond acceptors (Lipinski definition) is 5. The number of carbonyl (C=O) groups excluding carboxylic acids is 1. The molecule has 1 fully saturated rings. The van der Waals surface area contributed by atoms with Crippen LogP contribution in [0.15, 0.2) is 74.2 Å². The number of ether oxygens (including phenoxy) is 1. The van der Waals surface area contributed by atoms with Crippen molar-refractivity contribution in [3.63, 3.8) is 0 Å². The quantitative estimate of drug-likeness (QED) is 0.494. The maximum Gasteiger partial charge on any atom is 0.338 e. The van der Waals surface area contributed by atoms with Gasteiger partial charge in [0.2, 0.25) is 0 Å². The summed E-state index contributed by atoms with van der Waals surface area (Å²) in [5, 5.41) is 0.923. The fourth-order valence-corrected chi connectivity index (χ4v) is 5.20. The Morgan fingerprint density at radius 2 is 2.03 bits per heavy atom. The molecule has 4 rings (SSSR count). The van der Waals surface area contributed by atoms with Gasteiger partial charge in [0, 0.05) is 9.38 Å². The van der Waals surface area contributed by atoms with Crippen LogP contribution in [-0.2, 0) is 9.53 Å². The number of hydrogen-bond donors (Lipinski definition) is 0. The molecule has 1 atom stereocenters. The van der Waals surface area contributed by atoms with Gasteiger partial charge in [0.15, 0.2) is 5.17 Å². The molecular weight excluding hydrogens is 460 g/mol. The Labute approximate surface area is 189 Å². The molecule has 1 saturated heterocycles. The van der Waals surface area contributed by atoms with Gasteiger partial charge in [0.05, 0.1) is 30.5 Å². The van der Waals surface area contributed by atoms with Gasteiger partial charge < -0.3 is 9.64 Å². The SMILES string of the molecule is CCOC(=O)C1=C(C)N=C2SC(=Cc3ccc(C)c(Br)c3)CN2C1c1ccccc1. The van der Waals surface area contributed by atoms with Gasteiger partial charge in [-0.3, -0.25) is 0 Å². The monoisotopic (exact) mass is 482 g/mol. The summed E-state index contributed by atoms with van der Waals surface area (Å²) in [6, 6.07) is 16.3. The molecule has 6 heteroatoms. The topological polar surface area (TPSA) is 41.9 Å². The normalized spacial score (nSPS) is 19.7. The lowest BCUT2D eigenvalue weighted by Crippen LogP contribution is -2.36. The van der Waals surface area contributed by atoms with E-state index in [0.29, 0.717) is 18.7 Å². The smallest absolute Gasteiger partial charge is 0.338 e. The van der Waals surface area contributed by atoms with E-state index in [1.165, 1.54) is 10.5 Å². The van der Waals surface area contributed by atoms with Gasteiger partial charge in [0.25, 0.3) is 0 Å². The molecule has 2 aliphatic rings. The molecule has 30 heavy (non-hydrogen) atoms. The molecule has 4 nitrogen and oxygen atoms in total. The van der Waals surface area contributed by atoms with Crippen molar-refractivity contribution >= 4 is 44.9 Å². The van der Waals surface area contributed by atoms with E-state index in [9.17, 15) is 4.79 Å². The highest BCUT2D eigenvalue weighted by atomic mass is 79.9. The highest BCUT2D eigenvalue weighted by molar-refractivity contribution is 9.10. The predicted octanol–water partition coefficient (Wildman–Crippen LogP) is 6.10. The van der Waals surface area contributed by atoms with Crippen molar-refractivity contribution in [1.29, 1.82) is 0 Å². The van der Waals surface area contributed by atoms with Crippen molar-refractivity contribution in [1.82, 2.24) is 4.90 Å². The van der Waals surface area contributed by atoms with Crippen LogP contribution in [0.25, 0.3) is 6.08 Å². The molecule has 0 saturated carbocycles. The summed E-state index contributed by atoms with van der Waals surface area (Å²) in [6.45, 7) is 6.84. The van der Waals surface area contributed by atoms with Crippen molar-refractivity contribution in [2.75, 3.05) is 13.2 Å². The van der Waals surface area contributed by atoms with Gasteiger partial charge in [-0.2, -0.15) is 0 Å². The minimum Gasteiger partial charge on any atom is -0.463 e. The van der Waals surface area contributed by atoms with Crippen LogP contribution in [0.5, 0.6) is 0 Å². The van der Waals surface area contributed by atoms with Crippen LogP contribution in [0.3, 0.4) is 0 Å². The number of halogens is 1. The van der Waals surface area contributed by atoms with Gasteiger partial charge in [-0.1, -0.05) is 70.2 Å². The highest BCUT2D eigenvalue weighted by Crippen LogP contribution is 2.44. The highest BCUT2D eigenvalue weighted by Gasteiger charge is 2.40. The Bertz CT molecular complexity index is 1080. The van der Waals surface area contributed by atoms with Gasteiger partial charge in [-0.05, 0) is 49.6 Å². The fourth-order valence-electron chi connectivity index (χ4n) is 3.70. The molecule has 0 bridgehead atoms. The zero-order valence-corrected chi connectivity index (χ0v) is 19.6. The van der Waals surface area contributed by atoms with Crippen LogP contribution in [0.4, 0.5) is 0 Å². The molecule has 2 aromatic rings. The Balaban J connectivity index is 1.72. The first kappa shape index (κ1) is 20.9. The Kier molecular flexibility index (Phi) is 6.16. The molecule has 154 valence electrons. The molecule has 0 spiro atoms. The van der Waals surface area contributed by atoms with Gasteiger partial charge in [-0.25, -0.2) is 9.79 Å². The van der Waals surface area contributed by atoms with E-state index < -0.39 is 0 Å². The summed E-state index contributed by atoms with van der Waals surface area (Å²) >= 11 is 5.28. The minimum atomic E-state index is -0.295. The zero-order valence-electron chi connectivity index (χ0n) is 17.2. The summed E-state index contributed by atoms with van der Waals surface area (Å²) in [4.78, 5) is 21.0. The van der Waals surface area contributed by atoms with Crippen molar-refractivity contribution in [2.24, 2.45) is 4.99 Å². The summed E-state index contributed by atoms with van der Waals surface area (Å²) in [6.07, 6.45) is 2.19. The summed E-state index contributed by atoms with van der Waals surface area (Å²) in [7, 11) is 0. The second kappa shape index (κ2) is 8.82. The van der Waals surface area contributed by atoms with Gasteiger partial charge >= 0.3 is 5.97 Å². The van der Waals surface area contributed by atoms with Crippen molar-refractivity contribution < 1.29 is 9.53 Å². The first-order chi connectivity index (χ1) is 14.5. The number of fused-ring (bicyclic) bond motifs is 1. The number of carbonyl (C=O) groups is 1. The summed E-state index contributed by atoms with van der Waals surface area (Å²) < 4.78 is 6.48. The number of nitrogens with zero attached hydrogens (tertiary/aromatic N) is 2. The summed E-state index contributed by atoms with van der Waals surface area (Å²) in [5.74, 6) is -0.295. The van der Waals surface area contributed by atoms with E-state index in [4.69, 9.17) is 9.73 Å². The maximum atomic E-state index is 12.8. The van der Waals surface area contributed by atoms with E-state index >= 15 is 0 Å². The molecule has 0 aromatic heterocycles. The second-order valence-electron chi connectivity index (χ2n) is 7.28. The molecule has 2 heterocycles. The average Bonchev–Trinajstić information content (AvgIpc) is 3.12. The maximum absolute atomic E-state index is 12.8. The number of aliphatic imine (C=N–C) groups is 1. The molecule has 0 aliphatic carbocycles. The molecule has 0 amide bonds. The number of amidine groups is 1. The zero-order chi connectivity index (χ0) is 21.3. The molecule has 2 aromatic carbocycles. The van der Waals surface area contributed by atoms with Crippen molar-refractivity contribution in [3.8, 4) is 0 Å². The number of esters is 1. The molecule has 2 aliphatic heterocycles. The third kappa shape index (κ3) is 4.12. The standard InChI is InChI=1S/C24H23BrN2O2S/c1-4-29-23(28)21-16(3)26-24-27(22(21)18-8-6-5-7-9-18)14-19(30-24)12-17-11-10-15(2)20(25)13-17/h5-13,22H,4,14H2,1-3H3. The van der Waals surface area contributed by atoms with Crippen LogP contribution < -0.4 is 0 Å². The Hall–Kier alpha value is -2.31. The van der Waals surface area contributed by atoms with E-state index in [-0.39, 0.29) is 12.0 Å². The molecule has 1 unspecified atom stereocenters. The van der Waals surface area contributed by atoms with Crippen LogP contribution in [0, 0.1) is 6.92 Å². The lowest BCUT2D eigenvalue weighted by Gasteiger charge is -2.34. The van der Waals surface area contributed by atoms with E-state index in [1.54, 1.807) is 11.8 Å². The number of aryl methyl sites for hydroxylation is 1. The van der Waals surface area contributed by atoms with Crippen molar-refractivity contribution in [3.05, 3.63) is 85.9 Å². The predicted molar refractivity (Wildman–Crippen MR) is 127 cm³/mol. The number of allylic oxidation sites excluding steroid dienone is 1. The minimum absolute atomic E-state index is 0.207.